The molecule has 0 aliphatic carbocycles. The van der Waals surface area contributed by atoms with Crippen LogP contribution in [0.15, 0.2) is 42.5 Å². The van der Waals surface area contributed by atoms with Crippen LogP contribution in [0.3, 0.4) is 0 Å². The van der Waals surface area contributed by atoms with E-state index in [1.165, 1.54) is 7.11 Å². The summed E-state index contributed by atoms with van der Waals surface area (Å²) in [5.41, 5.74) is 5.58. The molecule has 0 unspecified atom stereocenters. The van der Waals surface area contributed by atoms with E-state index >= 15 is 0 Å². The standard InChI is InChI=1S/C21H21N3O3/c1-13-3-6-15(7-4-13)22-21(26)24-10-9-19-17(12-24)16-11-14(20(25)27-2)5-8-18(16)23-19/h3-8,11,23H,9-10,12H2,1-2H3,(H,22,26). The maximum atomic E-state index is 12.7. The Kier molecular flexibility index (Phi) is 4.32. The van der Waals surface area contributed by atoms with E-state index in [0.29, 0.717) is 18.7 Å². The smallest absolute Gasteiger partial charge is 0.337 e. The van der Waals surface area contributed by atoms with Gasteiger partial charge in [-0.1, -0.05) is 17.7 Å². The first-order valence-corrected chi connectivity index (χ1v) is 8.89. The first-order valence-electron chi connectivity index (χ1n) is 8.89. The Bertz CT molecular complexity index is 1020. The first-order chi connectivity index (χ1) is 13.0. The van der Waals surface area contributed by atoms with Gasteiger partial charge in [-0.15, -0.1) is 0 Å². The lowest BCUT2D eigenvalue weighted by molar-refractivity contribution is 0.0601. The third-order valence-corrected chi connectivity index (χ3v) is 4.99. The van der Waals surface area contributed by atoms with Crippen LogP contribution in [0.1, 0.15) is 27.2 Å². The number of nitrogens with zero attached hydrogens (tertiary/aromatic N) is 1. The van der Waals surface area contributed by atoms with Crippen LogP contribution >= 0.6 is 0 Å². The summed E-state index contributed by atoms with van der Waals surface area (Å²) in [5, 5.41) is 3.91. The molecule has 2 aromatic carbocycles. The molecular weight excluding hydrogens is 342 g/mol. The second kappa shape index (κ2) is 6.79. The van der Waals surface area contributed by atoms with Crippen LogP contribution in [-0.2, 0) is 17.7 Å². The zero-order valence-electron chi connectivity index (χ0n) is 15.3. The van der Waals surface area contributed by atoms with Gasteiger partial charge in [0.25, 0.3) is 0 Å². The van der Waals surface area contributed by atoms with Gasteiger partial charge in [-0.2, -0.15) is 0 Å². The number of rotatable bonds is 2. The number of carbonyl (C=O) groups excluding carboxylic acids is 2. The van der Waals surface area contributed by atoms with Gasteiger partial charge in [0.2, 0.25) is 0 Å². The highest BCUT2D eigenvalue weighted by molar-refractivity contribution is 5.96. The fourth-order valence-electron chi connectivity index (χ4n) is 3.47. The molecule has 0 atom stereocenters. The van der Waals surface area contributed by atoms with E-state index in [0.717, 1.165) is 39.8 Å². The maximum Gasteiger partial charge on any atom is 0.337 e. The minimum absolute atomic E-state index is 0.122. The zero-order chi connectivity index (χ0) is 19.0. The fraction of sp³-hybridized carbons (Fsp3) is 0.238. The number of hydrogen-bond acceptors (Lipinski definition) is 3. The number of anilines is 1. The second-order valence-electron chi connectivity index (χ2n) is 6.80. The van der Waals surface area contributed by atoms with E-state index in [9.17, 15) is 9.59 Å². The molecule has 138 valence electrons. The summed E-state index contributed by atoms with van der Waals surface area (Å²) in [7, 11) is 1.37. The topological polar surface area (TPSA) is 74.4 Å². The largest absolute Gasteiger partial charge is 0.465 e. The predicted molar refractivity (Wildman–Crippen MR) is 104 cm³/mol. The molecule has 3 aromatic rings. The lowest BCUT2D eigenvalue weighted by Gasteiger charge is -2.27. The molecule has 1 aliphatic heterocycles. The monoisotopic (exact) mass is 363 g/mol. The molecular formula is C21H21N3O3. The van der Waals surface area contributed by atoms with Crippen molar-refractivity contribution in [3.8, 4) is 0 Å². The van der Waals surface area contributed by atoms with Crippen molar-refractivity contribution in [2.75, 3.05) is 19.0 Å². The summed E-state index contributed by atoms with van der Waals surface area (Å²) in [5.74, 6) is -0.364. The second-order valence-corrected chi connectivity index (χ2v) is 6.80. The number of amides is 2. The number of ether oxygens (including phenoxy) is 1. The molecule has 0 saturated heterocycles. The zero-order valence-corrected chi connectivity index (χ0v) is 15.3. The predicted octanol–water partition coefficient (Wildman–Crippen LogP) is 3.85. The number of aromatic amines is 1. The van der Waals surface area contributed by atoms with Gasteiger partial charge in [-0.25, -0.2) is 9.59 Å². The molecule has 2 heterocycles. The molecule has 6 nitrogen and oxygen atoms in total. The van der Waals surface area contributed by atoms with Crippen LogP contribution in [0.5, 0.6) is 0 Å². The normalized spacial score (nSPS) is 13.3. The number of benzene rings is 2. The third-order valence-electron chi connectivity index (χ3n) is 4.99. The number of carbonyl (C=O) groups is 2. The van der Waals surface area contributed by atoms with E-state index in [4.69, 9.17) is 4.74 Å². The van der Waals surface area contributed by atoms with Crippen molar-refractivity contribution in [1.29, 1.82) is 0 Å². The van der Waals surface area contributed by atoms with Crippen LogP contribution in [0.4, 0.5) is 10.5 Å². The van der Waals surface area contributed by atoms with Gasteiger partial charge >= 0.3 is 12.0 Å². The highest BCUT2D eigenvalue weighted by Crippen LogP contribution is 2.29. The molecule has 0 spiro atoms. The number of aryl methyl sites for hydroxylation is 1. The number of hydrogen-bond donors (Lipinski definition) is 2. The summed E-state index contributed by atoms with van der Waals surface area (Å²) in [6.45, 7) is 3.15. The highest BCUT2D eigenvalue weighted by atomic mass is 16.5. The maximum absolute atomic E-state index is 12.7. The Balaban J connectivity index is 1.58. The lowest BCUT2D eigenvalue weighted by Crippen LogP contribution is -2.38. The van der Waals surface area contributed by atoms with Crippen molar-refractivity contribution in [2.45, 2.75) is 19.9 Å². The van der Waals surface area contributed by atoms with Gasteiger partial charge in [-0.05, 0) is 37.3 Å². The van der Waals surface area contributed by atoms with Crippen molar-refractivity contribution >= 4 is 28.6 Å². The van der Waals surface area contributed by atoms with Crippen molar-refractivity contribution in [1.82, 2.24) is 9.88 Å². The Morgan fingerprint density at radius 3 is 2.67 bits per heavy atom. The molecule has 6 heteroatoms. The Labute approximate surface area is 157 Å². The Morgan fingerprint density at radius 1 is 1.15 bits per heavy atom. The van der Waals surface area contributed by atoms with Gasteiger partial charge in [0, 0.05) is 47.4 Å². The van der Waals surface area contributed by atoms with Crippen LogP contribution in [0.25, 0.3) is 10.9 Å². The van der Waals surface area contributed by atoms with E-state index < -0.39 is 0 Å². The van der Waals surface area contributed by atoms with E-state index in [2.05, 4.69) is 10.3 Å². The van der Waals surface area contributed by atoms with Crippen molar-refractivity contribution in [3.63, 3.8) is 0 Å². The molecule has 0 saturated carbocycles. The van der Waals surface area contributed by atoms with Crippen molar-refractivity contribution in [3.05, 3.63) is 64.8 Å². The number of nitrogens with one attached hydrogen (secondary N) is 2. The molecule has 4 rings (SSSR count). The number of H-pyrrole nitrogens is 1. The number of fused-ring (bicyclic) bond motifs is 3. The summed E-state index contributed by atoms with van der Waals surface area (Å²) < 4.78 is 4.82. The van der Waals surface area contributed by atoms with E-state index in [1.807, 2.05) is 43.3 Å². The molecule has 2 amide bonds. The summed E-state index contributed by atoms with van der Waals surface area (Å²) >= 11 is 0. The molecule has 0 radical (unpaired) electrons. The molecule has 1 aliphatic rings. The molecule has 1 aromatic heterocycles. The summed E-state index contributed by atoms with van der Waals surface area (Å²) in [6, 6.07) is 13.1. The van der Waals surface area contributed by atoms with Gasteiger partial charge in [0.05, 0.1) is 12.7 Å². The van der Waals surface area contributed by atoms with Crippen LogP contribution < -0.4 is 5.32 Å². The number of esters is 1. The SMILES string of the molecule is COC(=O)c1ccc2[nH]c3c(c2c1)CN(C(=O)Nc1ccc(C)cc1)CC3. The molecule has 27 heavy (non-hydrogen) atoms. The first kappa shape index (κ1) is 17.1. The number of urea groups is 1. The van der Waals surface area contributed by atoms with E-state index in [1.54, 1.807) is 11.0 Å². The third kappa shape index (κ3) is 3.26. The average molecular weight is 363 g/mol. The minimum Gasteiger partial charge on any atom is -0.465 e. The van der Waals surface area contributed by atoms with Crippen LogP contribution in [-0.4, -0.2) is 35.5 Å². The van der Waals surface area contributed by atoms with Crippen LogP contribution in [0, 0.1) is 6.92 Å². The van der Waals surface area contributed by atoms with Gasteiger partial charge in [0.1, 0.15) is 0 Å². The summed E-state index contributed by atoms with van der Waals surface area (Å²) in [4.78, 5) is 29.7. The minimum atomic E-state index is -0.364. The Hall–Kier alpha value is -3.28. The molecule has 2 N–H and O–H groups in total. The van der Waals surface area contributed by atoms with E-state index in [-0.39, 0.29) is 12.0 Å². The highest BCUT2D eigenvalue weighted by Gasteiger charge is 2.24. The van der Waals surface area contributed by atoms with Gasteiger partial charge < -0.3 is 19.9 Å². The lowest BCUT2D eigenvalue weighted by atomic mass is 10.0. The van der Waals surface area contributed by atoms with Crippen molar-refractivity contribution < 1.29 is 14.3 Å². The van der Waals surface area contributed by atoms with Crippen LogP contribution in [0.2, 0.25) is 0 Å². The number of methoxy groups -OCH3 is 1. The summed E-state index contributed by atoms with van der Waals surface area (Å²) in [6.07, 6.45) is 0.749. The molecule has 0 fully saturated rings. The van der Waals surface area contributed by atoms with Crippen molar-refractivity contribution in [2.24, 2.45) is 0 Å². The quantitative estimate of drug-likeness (QED) is 0.679. The van der Waals surface area contributed by atoms with Gasteiger partial charge in [0.15, 0.2) is 0 Å². The fourth-order valence-corrected chi connectivity index (χ4v) is 3.47. The average Bonchev–Trinajstić information content (AvgIpc) is 3.06. The van der Waals surface area contributed by atoms with Gasteiger partial charge in [-0.3, -0.25) is 0 Å². The molecule has 0 bridgehead atoms. The Morgan fingerprint density at radius 2 is 1.93 bits per heavy atom. The number of aromatic nitrogens is 1.